The van der Waals surface area contributed by atoms with E-state index in [1.54, 1.807) is 6.92 Å². The van der Waals surface area contributed by atoms with Crippen molar-refractivity contribution >= 4 is 34.9 Å². The number of aromatic nitrogens is 2. The summed E-state index contributed by atoms with van der Waals surface area (Å²) < 4.78 is 17.5. The van der Waals surface area contributed by atoms with Gasteiger partial charge in [0.05, 0.1) is 13.2 Å². The fraction of sp³-hybridized carbons (Fsp3) is 0.267. The lowest BCUT2D eigenvalue weighted by molar-refractivity contribution is -0.141. The van der Waals surface area contributed by atoms with E-state index >= 15 is 0 Å². The summed E-state index contributed by atoms with van der Waals surface area (Å²) in [6.07, 6.45) is 0. The second kappa shape index (κ2) is 9.42. The number of amides is 3. The molecule has 0 unspecified atom stereocenters. The van der Waals surface area contributed by atoms with Crippen LogP contribution in [0.5, 0.6) is 0 Å². The van der Waals surface area contributed by atoms with Gasteiger partial charge in [0.15, 0.2) is 0 Å². The molecule has 11 heteroatoms. The van der Waals surface area contributed by atoms with Gasteiger partial charge in [-0.3, -0.25) is 9.59 Å². The van der Waals surface area contributed by atoms with Gasteiger partial charge >= 0.3 is 12.0 Å². The van der Waals surface area contributed by atoms with Gasteiger partial charge in [-0.2, -0.15) is 0 Å². The molecule has 1 aromatic carbocycles. The molecule has 0 aliphatic heterocycles. The molecule has 0 saturated carbocycles. The zero-order valence-electron chi connectivity index (χ0n) is 13.7. The number of benzene rings is 1. The summed E-state index contributed by atoms with van der Waals surface area (Å²) in [5.74, 6) is -1.45. The molecule has 0 aliphatic carbocycles. The van der Waals surface area contributed by atoms with E-state index in [0.29, 0.717) is 10.7 Å². The predicted molar refractivity (Wildman–Crippen MR) is 91.1 cm³/mol. The first kappa shape index (κ1) is 19.2. The third-order valence-corrected chi connectivity index (χ3v) is 3.78. The van der Waals surface area contributed by atoms with Crippen molar-refractivity contribution in [2.75, 3.05) is 18.5 Å². The number of ether oxygens (including phenoxy) is 1. The van der Waals surface area contributed by atoms with Crippen LogP contribution in [0.15, 0.2) is 24.3 Å². The fourth-order valence-corrected chi connectivity index (χ4v) is 2.39. The van der Waals surface area contributed by atoms with Crippen molar-refractivity contribution in [3.05, 3.63) is 40.1 Å². The minimum atomic E-state index is -0.578. The highest BCUT2D eigenvalue weighted by atomic mass is 32.1. The third kappa shape index (κ3) is 6.09. The molecule has 1 heterocycles. The molecule has 0 fully saturated rings. The van der Waals surface area contributed by atoms with Gasteiger partial charge in [-0.05, 0) is 31.2 Å². The Kier molecular flexibility index (Phi) is 6.97. The Morgan fingerprint density at radius 2 is 1.88 bits per heavy atom. The van der Waals surface area contributed by atoms with E-state index < -0.39 is 23.7 Å². The minimum Gasteiger partial charge on any atom is -0.465 e. The second-order valence-corrected chi connectivity index (χ2v) is 5.87. The van der Waals surface area contributed by atoms with E-state index in [-0.39, 0.29) is 24.7 Å². The van der Waals surface area contributed by atoms with Crippen LogP contribution in [0.2, 0.25) is 0 Å². The number of esters is 1. The molecule has 0 bridgehead atoms. The Balaban J connectivity index is 1.79. The molecule has 0 saturated heterocycles. The fourth-order valence-electron chi connectivity index (χ4n) is 1.72. The largest absolute Gasteiger partial charge is 0.465 e. The zero-order valence-corrected chi connectivity index (χ0v) is 14.6. The number of rotatable bonds is 7. The van der Waals surface area contributed by atoms with E-state index in [2.05, 4.69) is 30.9 Å². The first-order chi connectivity index (χ1) is 12.5. The SMILES string of the molecule is CCOC(=O)CNC(=O)NCc1nnc(C(=O)Nc2ccc(F)cc2)s1. The maximum atomic E-state index is 12.8. The van der Waals surface area contributed by atoms with Gasteiger partial charge in [0, 0.05) is 5.69 Å². The van der Waals surface area contributed by atoms with Gasteiger partial charge in [0.2, 0.25) is 5.01 Å². The van der Waals surface area contributed by atoms with E-state index in [0.717, 1.165) is 11.3 Å². The second-order valence-electron chi connectivity index (χ2n) is 4.80. The number of hydrogen-bond acceptors (Lipinski definition) is 7. The molecule has 26 heavy (non-hydrogen) atoms. The Morgan fingerprint density at radius 3 is 2.58 bits per heavy atom. The maximum absolute atomic E-state index is 12.8. The average molecular weight is 381 g/mol. The molecule has 0 atom stereocenters. The van der Waals surface area contributed by atoms with Crippen LogP contribution >= 0.6 is 11.3 Å². The van der Waals surface area contributed by atoms with Crippen molar-refractivity contribution < 1.29 is 23.5 Å². The van der Waals surface area contributed by atoms with Crippen LogP contribution in [0.25, 0.3) is 0 Å². The highest BCUT2D eigenvalue weighted by Crippen LogP contribution is 2.13. The molecule has 3 N–H and O–H groups in total. The molecule has 138 valence electrons. The molecular formula is C15H16FN5O4S. The summed E-state index contributed by atoms with van der Waals surface area (Å²) in [6.45, 7) is 1.68. The molecular weight excluding hydrogens is 365 g/mol. The van der Waals surface area contributed by atoms with Crippen molar-refractivity contribution in [1.82, 2.24) is 20.8 Å². The van der Waals surface area contributed by atoms with E-state index in [1.165, 1.54) is 24.3 Å². The van der Waals surface area contributed by atoms with Gasteiger partial charge in [0.1, 0.15) is 17.4 Å². The van der Waals surface area contributed by atoms with Crippen molar-refractivity contribution in [3.8, 4) is 0 Å². The smallest absolute Gasteiger partial charge is 0.325 e. The Labute approximate surface area is 152 Å². The quantitative estimate of drug-likeness (QED) is 0.621. The highest BCUT2D eigenvalue weighted by molar-refractivity contribution is 7.13. The summed E-state index contributed by atoms with van der Waals surface area (Å²) in [7, 11) is 0. The lowest BCUT2D eigenvalue weighted by Crippen LogP contribution is -2.38. The summed E-state index contributed by atoms with van der Waals surface area (Å²) in [5.41, 5.74) is 0.421. The van der Waals surface area contributed by atoms with Crippen molar-refractivity contribution in [1.29, 1.82) is 0 Å². The molecule has 0 spiro atoms. The summed E-state index contributed by atoms with van der Waals surface area (Å²) >= 11 is 0.995. The number of halogens is 1. The first-order valence-electron chi connectivity index (χ1n) is 7.54. The molecule has 0 radical (unpaired) electrons. The van der Waals surface area contributed by atoms with Crippen LogP contribution in [0.1, 0.15) is 21.7 Å². The Morgan fingerprint density at radius 1 is 1.15 bits per heavy atom. The van der Waals surface area contributed by atoms with Crippen molar-refractivity contribution in [2.24, 2.45) is 0 Å². The van der Waals surface area contributed by atoms with Crippen LogP contribution in [0.3, 0.4) is 0 Å². The highest BCUT2D eigenvalue weighted by Gasteiger charge is 2.14. The lowest BCUT2D eigenvalue weighted by atomic mass is 10.3. The minimum absolute atomic E-state index is 0.0379. The van der Waals surface area contributed by atoms with Crippen LogP contribution in [0.4, 0.5) is 14.9 Å². The number of urea groups is 1. The molecule has 3 amide bonds. The van der Waals surface area contributed by atoms with Gasteiger partial charge in [-0.15, -0.1) is 10.2 Å². The van der Waals surface area contributed by atoms with Gasteiger partial charge in [-0.1, -0.05) is 11.3 Å². The summed E-state index contributed by atoms with van der Waals surface area (Å²) in [6, 6.07) is 4.71. The number of hydrogen-bond donors (Lipinski definition) is 3. The first-order valence-corrected chi connectivity index (χ1v) is 8.36. The standard InChI is InChI=1S/C15H16FN5O4S/c1-2-25-12(22)8-18-15(24)17-7-11-20-21-14(26-11)13(23)19-10-5-3-9(16)4-6-10/h3-6H,2,7-8H2,1H3,(H,19,23)(H2,17,18,24). The van der Waals surface area contributed by atoms with E-state index in [9.17, 15) is 18.8 Å². The van der Waals surface area contributed by atoms with E-state index in [1.807, 2.05) is 0 Å². The number of carbonyl (C=O) groups excluding carboxylic acids is 3. The topological polar surface area (TPSA) is 122 Å². The van der Waals surface area contributed by atoms with Crippen LogP contribution < -0.4 is 16.0 Å². The van der Waals surface area contributed by atoms with Gasteiger partial charge in [-0.25, -0.2) is 9.18 Å². The van der Waals surface area contributed by atoms with Gasteiger partial charge in [0.25, 0.3) is 5.91 Å². The summed E-state index contributed by atoms with van der Waals surface area (Å²) in [5, 5.41) is 15.4. The molecule has 2 aromatic rings. The predicted octanol–water partition coefficient (Wildman–Crippen LogP) is 1.29. The number of nitrogens with zero attached hydrogens (tertiary/aromatic N) is 2. The van der Waals surface area contributed by atoms with Crippen molar-refractivity contribution in [3.63, 3.8) is 0 Å². The van der Waals surface area contributed by atoms with Crippen LogP contribution in [-0.4, -0.2) is 41.3 Å². The van der Waals surface area contributed by atoms with E-state index in [4.69, 9.17) is 0 Å². The maximum Gasteiger partial charge on any atom is 0.325 e. The zero-order chi connectivity index (χ0) is 18.9. The Hall–Kier alpha value is -3.08. The molecule has 9 nitrogen and oxygen atoms in total. The van der Waals surface area contributed by atoms with Crippen LogP contribution in [0, 0.1) is 5.82 Å². The van der Waals surface area contributed by atoms with Crippen molar-refractivity contribution in [2.45, 2.75) is 13.5 Å². The average Bonchev–Trinajstić information content (AvgIpc) is 3.09. The number of nitrogens with one attached hydrogen (secondary N) is 3. The molecule has 1 aromatic heterocycles. The summed E-state index contributed by atoms with van der Waals surface area (Å²) in [4.78, 5) is 34.7. The van der Waals surface area contributed by atoms with Gasteiger partial charge < -0.3 is 20.7 Å². The van der Waals surface area contributed by atoms with Crippen LogP contribution in [-0.2, 0) is 16.1 Å². The Bertz CT molecular complexity index is 781. The third-order valence-electron chi connectivity index (χ3n) is 2.86. The normalized spacial score (nSPS) is 10.1. The monoisotopic (exact) mass is 381 g/mol. The lowest BCUT2D eigenvalue weighted by Gasteiger charge is -2.05. The molecule has 0 aliphatic rings. The molecule has 2 rings (SSSR count). The number of anilines is 1. The number of carbonyl (C=O) groups is 3.